The molecule has 0 aromatic heterocycles. The van der Waals surface area contributed by atoms with Gasteiger partial charge in [0.2, 0.25) is 5.91 Å². The molecule has 1 rings (SSSR count). The molecule has 0 bridgehead atoms. The summed E-state index contributed by atoms with van der Waals surface area (Å²) >= 11 is 0. The first kappa shape index (κ1) is 75.9. The van der Waals surface area contributed by atoms with Crippen molar-refractivity contribution in [1.29, 1.82) is 0 Å². The van der Waals surface area contributed by atoms with Crippen LogP contribution in [0, 0.1) is 0 Å². The quantitative estimate of drug-likeness (QED) is 0.0149. The highest BCUT2D eigenvalue weighted by atomic mass is 16.7. The molecule has 81 heavy (non-hydrogen) atoms. The minimum atomic E-state index is -1.62. The molecule has 1 saturated heterocycles. The number of allylic oxidation sites excluding steroid dienone is 13. The molecule has 1 aliphatic rings. The Balaban J connectivity index is 2.62. The monoisotopic (exact) mass is 1140 g/mol. The molecular weight excluding hydrogens is 1010 g/mol. The van der Waals surface area contributed by atoms with E-state index in [4.69, 9.17) is 14.2 Å². The Morgan fingerprint density at radius 3 is 1.37 bits per heavy atom. The summed E-state index contributed by atoms with van der Waals surface area (Å²) in [7, 11) is 0. The average Bonchev–Trinajstić information content (AvgIpc) is 3.47. The lowest BCUT2D eigenvalue weighted by molar-refractivity contribution is -0.305. The van der Waals surface area contributed by atoms with Gasteiger partial charge >= 0.3 is 5.97 Å². The van der Waals surface area contributed by atoms with Gasteiger partial charge in [-0.15, -0.1) is 0 Å². The molecule has 0 radical (unpaired) electrons. The van der Waals surface area contributed by atoms with E-state index in [1.807, 2.05) is 6.08 Å². The molecule has 11 heteroatoms. The first-order valence-corrected chi connectivity index (χ1v) is 33.4. The summed E-state index contributed by atoms with van der Waals surface area (Å²) in [4.78, 5) is 26.6. The molecule has 1 heterocycles. The lowest BCUT2D eigenvalue weighted by atomic mass is 9.99. The normalized spacial score (nSPS) is 19.2. The maximum absolute atomic E-state index is 13.4. The van der Waals surface area contributed by atoms with Crippen LogP contribution in [0.5, 0.6) is 0 Å². The molecule has 1 amide bonds. The summed E-state index contributed by atoms with van der Waals surface area (Å²) in [6, 6.07) is -1.04. The number of esters is 1. The van der Waals surface area contributed by atoms with Crippen molar-refractivity contribution >= 4 is 11.9 Å². The van der Waals surface area contributed by atoms with Crippen molar-refractivity contribution in [2.24, 2.45) is 0 Å². The van der Waals surface area contributed by atoms with Crippen LogP contribution in [0.4, 0.5) is 0 Å². The van der Waals surface area contributed by atoms with Crippen LogP contribution in [-0.4, -0.2) is 99.6 Å². The van der Waals surface area contributed by atoms with E-state index in [0.29, 0.717) is 12.8 Å². The van der Waals surface area contributed by atoms with Crippen LogP contribution in [-0.2, 0) is 23.8 Å². The number of hydrogen-bond acceptors (Lipinski definition) is 10. The third kappa shape index (κ3) is 45.0. The van der Waals surface area contributed by atoms with E-state index in [1.54, 1.807) is 6.08 Å². The summed E-state index contributed by atoms with van der Waals surface area (Å²) in [6.07, 6.45) is 64.7. The lowest BCUT2D eigenvalue weighted by Crippen LogP contribution is -2.61. The molecule has 1 fully saturated rings. The van der Waals surface area contributed by atoms with Crippen molar-refractivity contribution in [3.63, 3.8) is 0 Å². The van der Waals surface area contributed by atoms with E-state index in [2.05, 4.69) is 99.0 Å². The molecule has 1 aliphatic heterocycles. The first-order chi connectivity index (χ1) is 39.7. The van der Waals surface area contributed by atoms with Gasteiger partial charge in [-0.2, -0.15) is 0 Å². The number of carbonyl (C=O) groups excluding carboxylic acids is 2. The smallest absolute Gasteiger partial charge is 0.306 e. The van der Waals surface area contributed by atoms with Gasteiger partial charge in [0, 0.05) is 6.42 Å². The number of rotatable bonds is 56. The fourth-order valence-electron chi connectivity index (χ4n) is 9.98. The number of ether oxygens (including phenoxy) is 3. The van der Waals surface area contributed by atoms with Crippen molar-refractivity contribution < 1.29 is 49.3 Å². The fourth-order valence-corrected chi connectivity index (χ4v) is 9.98. The summed E-state index contributed by atoms with van der Waals surface area (Å²) in [6.45, 7) is 5.73. The second kappa shape index (κ2) is 57.3. The summed E-state index contributed by atoms with van der Waals surface area (Å²) in [5.74, 6) is -1.21. The van der Waals surface area contributed by atoms with Crippen molar-refractivity contribution in [3.05, 3.63) is 85.1 Å². The van der Waals surface area contributed by atoms with E-state index < -0.39 is 67.4 Å². The highest BCUT2D eigenvalue weighted by Gasteiger charge is 2.47. The number of unbranched alkanes of at least 4 members (excludes halogenated alkanes) is 31. The molecule has 11 nitrogen and oxygen atoms in total. The largest absolute Gasteiger partial charge is 0.454 e. The van der Waals surface area contributed by atoms with Gasteiger partial charge < -0.3 is 45.1 Å². The molecule has 0 aromatic carbocycles. The lowest BCUT2D eigenvalue weighted by Gasteiger charge is -2.41. The Morgan fingerprint density at radius 1 is 0.494 bits per heavy atom. The second-order valence-electron chi connectivity index (χ2n) is 22.9. The Labute approximate surface area is 495 Å². The van der Waals surface area contributed by atoms with Crippen molar-refractivity contribution in [2.45, 2.75) is 333 Å². The molecular formula is C70H123NO10. The Kier molecular flexibility index (Phi) is 53.6. The van der Waals surface area contributed by atoms with E-state index in [0.717, 1.165) is 109 Å². The molecule has 0 aliphatic carbocycles. The van der Waals surface area contributed by atoms with Crippen LogP contribution < -0.4 is 5.32 Å². The predicted octanol–water partition coefficient (Wildman–Crippen LogP) is 16.5. The number of hydrogen-bond donors (Lipinski definition) is 6. The molecule has 6 N–H and O–H groups in total. The van der Waals surface area contributed by atoms with Gasteiger partial charge in [0.25, 0.3) is 0 Å². The van der Waals surface area contributed by atoms with E-state index in [1.165, 1.54) is 128 Å². The number of nitrogens with one attached hydrogen (secondary N) is 1. The van der Waals surface area contributed by atoms with Gasteiger partial charge in [0.05, 0.1) is 25.4 Å². The van der Waals surface area contributed by atoms with Crippen molar-refractivity contribution in [3.8, 4) is 0 Å². The number of amides is 1. The van der Waals surface area contributed by atoms with Crippen LogP contribution in [0.2, 0.25) is 0 Å². The van der Waals surface area contributed by atoms with E-state index >= 15 is 0 Å². The fraction of sp³-hybridized carbons (Fsp3) is 0.771. The van der Waals surface area contributed by atoms with Crippen LogP contribution in [0.3, 0.4) is 0 Å². The highest BCUT2D eigenvalue weighted by Crippen LogP contribution is 2.26. The third-order valence-electron chi connectivity index (χ3n) is 15.3. The van der Waals surface area contributed by atoms with Crippen LogP contribution in [0.15, 0.2) is 85.1 Å². The van der Waals surface area contributed by atoms with Gasteiger partial charge in [0.15, 0.2) is 12.4 Å². The number of aliphatic hydroxyl groups is 5. The van der Waals surface area contributed by atoms with Crippen molar-refractivity contribution in [1.82, 2.24) is 5.32 Å². The average molecular weight is 1140 g/mol. The summed E-state index contributed by atoms with van der Waals surface area (Å²) in [5, 5.41) is 57.1. The number of aliphatic hydroxyl groups excluding tert-OH is 5. The van der Waals surface area contributed by atoms with Gasteiger partial charge in [-0.1, -0.05) is 266 Å². The van der Waals surface area contributed by atoms with Crippen LogP contribution >= 0.6 is 0 Å². The minimum Gasteiger partial charge on any atom is -0.454 e. The minimum absolute atomic E-state index is 0.112. The Bertz CT molecular complexity index is 1640. The van der Waals surface area contributed by atoms with Gasteiger partial charge in [-0.05, 0) is 96.3 Å². The SMILES string of the molecule is CCCCC/C=C\C/C=C\C/C=C\C/C=C\CCCCCCCCCCCC(=O)OC1C(OCC(NC(=O)C(O)CCCCCCC/C=C/C=C/CCCCC)C(O)/C=C/CCCCCCCCCCCCC)OC(CO)C(O)C1O. The second-order valence-corrected chi connectivity index (χ2v) is 22.9. The molecule has 0 spiro atoms. The number of carbonyl (C=O) groups is 2. The maximum atomic E-state index is 13.4. The van der Waals surface area contributed by atoms with E-state index in [-0.39, 0.29) is 19.4 Å². The zero-order chi connectivity index (χ0) is 58.9. The molecule has 468 valence electrons. The zero-order valence-corrected chi connectivity index (χ0v) is 51.9. The van der Waals surface area contributed by atoms with Gasteiger partial charge in [-0.25, -0.2) is 0 Å². The maximum Gasteiger partial charge on any atom is 0.306 e. The summed E-state index contributed by atoms with van der Waals surface area (Å²) in [5.41, 5.74) is 0. The summed E-state index contributed by atoms with van der Waals surface area (Å²) < 4.78 is 17.7. The first-order valence-electron chi connectivity index (χ1n) is 33.4. The molecule has 8 atom stereocenters. The molecule has 8 unspecified atom stereocenters. The molecule has 0 saturated carbocycles. The molecule has 0 aromatic rings. The van der Waals surface area contributed by atoms with Crippen molar-refractivity contribution in [2.75, 3.05) is 13.2 Å². The van der Waals surface area contributed by atoms with Crippen LogP contribution in [0.25, 0.3) is 0 Å². The zero-order valence-electron chi connectivity index (χ0n) is 51.9. The van der Waals surface area contributed by atoms with Gasteiger partial charge in [-0.3, -0.25) is 9.59 Å². The predicted molar refractivity (Wildman–Crippen MR) is 338 cm³/mol. The van der Waals surface area contributed by atoms with E-state index in [9.17, 15) is 35.1 Å². The standard InChI is InChI=1S/C70H123NO10/c1-4-7-10-13-16-19-22-25-27-28-29-30-31-32-33-34-35-36-37-40-43-46-49-52-55-58-65(75)81-68-67(77)66(76)64(59-72)80-70(68)79-60-61(62(73)56-53-50-47-44-41-38-24-21-18-15-12-9-6-3)71-69(78)63(74)57-54-51-48-45-42-39-26-23-20-17-14-11-8-5-2/h16-17,19-20,23,25-27,29-30,32-33,53,56,61-64,66-68,70,72-74,76-77H,4-15,18,21-22,24,28,31,34-52,54-55,57-60H2,1-3H3,(H,71,78)/b19-16-,20-17+,26-23+,27-25-,30-29-,33-32-,56-53+. The van der Waals surface area contributed by atoms with Crippen LogP contribution in [0.1, 0.15) is 284 Å². The highest BCUT2D eigenvalue weighted by molar-refractivity contribution is 5.80. The topological polar surface area (TPSA) is 175 Å². The van der Waals surface area contributed by atoms with Gasteiger partial charge in [0.1, 0.15) is 24.4 Å². The third-order valence-corrected chi connectivity index (χ3v) is 15.3. The Morgan fingerprint density at radius 2 is 0.889 bits per heavy atom. The Hall–Kier alpha value is -3.16.